The molecular formula is C14H20N2O4S. The van der Waals surface area contributed by atoms with E-state index < -0.39 is 5.97 Å². The maximum absolute atomic E-state index is 11.7. The predicted octanol–water partition coefficient (Wildman–Crippen LogP) is 1.55. The van der Waals surface area contributed by atoms with E-state index in [-0.39, 0.29) is 30.8 Å². The van der Waals surface area contributed by atoms with Crippen molar-refractivity contribution in [2.24, 2.45) is 0 Å². The zero-order valence-corrected chi connectivity index (χ0v) is 13.0. The van der Waals surface area contributed by atoms with Gasteiger partial charge in [-0.05, 0) is 38.8 Å². The van der Waals surface area contributed by atoms with Gasteiger partial charge in [0, 0.05) is 17.3 Å². The smallest absolute Gasteiger partial charge is 0.303 e. The van der Waals surface area contributed by atoms with Crippen molar-refractivity contribution in [3.05, 3.63) is 21.9 Å². The first-order valence-electron chi connectivity index (χ1n) is 6.74. The summed E-state index contributed by atoms with van der Waals surface area (Å²) in [5.74, 6) is -1.38. The molecule has 1 heterocycles. The number of thiophene rings is 1. The van der Waals surface area contributed by atoms with E-state index in [2.05, 4.69) is 10.6 Å². The molecule has 0 aliphatic carbocycles. The summed E-state index contributed by atoms with van der Waals surface area (Å²) in [4.78, 5) is 35.4. The van der Waals surface area contributed by atoms with Gasteiger partial charge in [0.25, 0.3) is 5.91 Å². The first kappa shape index (κ1) is 17.2. The standard InChI is InChI=1S/C14H20N2O4S/c1-9(4-3-5-13(18)19)16-12(17)8-15-14(20)11-7-6-10(2)21-11/h6-7,9H,3-5,8H2,1-2H3,(H,15,20)(H,16,17)(H,18,19). The van der Waals surface area contributed by atoms with E-state index in [1.807, 2.05) is 19.9 Å². The van der Waals surface area contributed by atoms with Crippen LogP contribution in [0.1, 0.15) is 40.7 Å². The minimum atomic E-state index is -0.841. The van der Waals surface area contributed by atoms with Crippen molar-refractivity contribution >= 4 is 29.1 Å². The number of hydrogen-bond acceptors (Lipinski definition) is 4. The molecule has 1 rings (SSSR count). The molecule has 7 heteroatoms. The normalized spacial score (nSPS) is 11.7. The number of amides is 2. The Kier molecular flexibility index (Phi) is 6.87. The van der Waals surface area contributed by atoms with E-state index in [0.29, 0.717) is 17.7 Å². The fraction of sp³-hybridized carbons (Fsp3) is 0.500. The van der Waals surface area contributed by atoms with Crippen molar-refractivity contribution in [3.8, 4) is 0 Å². The second kappa shape index (κ2) is 8.41. The molecule has 0 aliphatic heterocycles. The Morgan fingerprint density at radius 2 is 2.05 bits per heavy atom. The van der Waals surface area contributed by atoms with Crippen LogP contribution in [0.4, 0.5) is 0 Å². The minimum Gasteiger partial charge on any atom is -0.481 e. The molecule has 0 aromatic carbocycles. The maximum atomic E-state index is 11.7. The van der Waals surface area contributed by atoms with Crippen molar-refractivity contribution in [3.63, 3.8) is 0 Å². The van der Waals surface area contributed by atoms with Gasteiger partial charge < -0.3 is 15.7 Å². The van der Waals surface area contributed by atoms with Crippen LogP contribution in [0.25, 0.3) is 0 Å². The summed E-state index contributed by atoms with van der Waals surface area (Å²) in [6.07, 6.45) is 1.20. The van der Waals surface area contributed by atoms with Gasteiger partial charge in [0.1, 0.15) is 0 Å². The Morgan fingerprint density at radius 1 is 1.33 bits per heavy atom. The van der Waals surface area contributed by atoms with Gasteiger partial charge in [-0.25, -0.2) is 0 Å². The summed E-state index contributed by atoms with van der Waals surface area (Å²) in [6.45, 7) is 3.64. The van der Waals surface area contributed by atoms with Crippen LogP contribution in [0.2, 0.25) is 0 Å². The van der Waals surface area contributed by atoms with E-state index >= 15 is 0 Å². The zero-order chi connectivity index (χ0) is 15.8. The number of aliphatic carboxylic acids is 1. The van der Waals surface area contributed by atoms with Gasteiger partial charge in [-0.1, -0.05) is 0 Å². The summed E-state index contributed by atoms with van der Waals surface area (Å²) >= 11 is 1.38. The average molecular weight is 312 g/mol. The lowest BCUT2D eigenvalue weighted by Crippen LogP contribution is -2.40. The Labute approximate surface area is 127 Å². The second-order valence-corrected chi connectivity index (χ2v) is 6.14. The number of carbonyl (C=O) groups is 3. The second-order valence-electron chi connectivity index (χ2n) is 4.85. The summed E-state index contributed by atoms with van der Waals surface area (Å²) < 4.78 is 0. The Bertz CT molecular complexity index is 513. The monoisotopic (exact) mass is 312 g/mol. The lowest BCUT2D eigenvalue weighted by molar-refractivity contribution is -0.137. The molecule has 6 nitrogen and oxygen atoms in total. The molecule has 0 saturated heterocycles. The van der Waals surface area contributed by atoms with Gasteiger partial charge in [-0.3, -0.25) is 14.4 Å². The van der Waals surface area contributed by atoms with Crippen LogP contribution in [0, 0.1) is 6.92 Å². The lowest BCUT2D eigenvalue weighted by atomic mass is 10.1. The van der Waals surface area contributed by atoms with Crippen molar-refractivity contribution in [1.29, 1.82) is 0 Å². The molecule has 21 heavy (non-hydrogen) atoms. The highest BCUT2D eigenvalue weighted by Crippen LogP contribution is 2.14. The zero-order valence-electron chi connectivity index (χ0n) is 12.1. The highest BCUT2D eigenvalue weighted by atomic mass is 32.1. The largest absolute Gasteiger partial charge is 0.481 e. The first-order chi connectivity index (χ1) is 9.88. The Hall–Kier alpha value is -1.89. The van der Waals surface area contributed by atoms with Crippen LogP contribution >= 0.6 is 11.3 Å². The molecule has 116 valence electrons. The number of carbonyl (C=O) groups excluding carboxylic acids is 2. The van der Waals surface area contributed by atoms with Crippen molar-refractivity contribution < 1.29 is 19.5 Å². The van der Waals surface area contributed by atoms with E-state index in [1.165, 1.54) is 11.3 Å². The Balaban J connectivity index is 2.24. The summed E-state index contributed by atoms with van der Waals surface area (Å²) in [5, 5.41) is 13.8. The van der Waals surface area contributed by atoms with E-state index in [9.17, 15) is 14.4 Å². The molecule has 1 atom stereocenters. The number of hydrogen-bond donors (Lipinski definition) is 3. The highest BCUT2D eigenvalue weighted by molar-refractivity contribution is 7.13. The molecule has 1 aromatic rings. The third-order valence-electron chi connectivity index (χ3n) is 2.81. The molecule has 3 N–H and O–H groups in total. The molecule has 1 unspecified atom stereocenters. The predicted molar refractivity (Wildman–Crippen MR) is 80.5 cm³/mol. The van der Waals surface area contributed by atoms with Gasteiger partial charge in [0.15, 0.2) is 0 Å². The molecule has 0 aliphatic rings. The van der Waals surface area contributed by atoms with Crippen LogP contribution in [0.15, 0.2) is 12.1 Å². The van der Waals surface area contributed by atoms with Crippen LogP contribution < -0.4 is 10.6 Å². The topological polar surface area (TPSA) is 95.5 Å². The molecule has 2 amide bonds. The fourth-order valence-corrected chi connectivity index (χ4v) is 2.55. The summed E-state index contributed by atoms with van der Waals surface area (Å²) in [6, 6.07) is 3.46. The van der Waals surface area contributed by atoms with E-state index in [4.69, 9.17) is 5.11 Å². The number of nitrogens with one attached hydrogen (secondary N) is 2. The summed E-state index contributed by atoms with van der Waals surface area (Å²) in [5.41, 5.74) is 0. The molecule has 0 bridgehead atoms. The third kappa shape index (κ3) is 6.89. The average Bonchev–Trinajstić information content (AvgIpc) is 2.82. The van der Waals surface area contributed by atoms with E-state index in [1.54, 1.807) is 6.07 Å². The van der Waals surface area contributed by atoms with Gasteiger partial charge in [-0.2, -0.15) is 0 Å². The quantitative estimate of drug-likeness (QED) is 0.678. The van der Waals surface area contributed by atoms with Gasteiger partial charge in [0.2, 0.25) is 5.91 Å². The molecule has 0 radical (unpaired) electrons. The molecule has 0 saturated carbocycles. The van der Waals surface area contributed by atoms with Crippen LogP contribution in [0.5, 0.6) is 0 Å². The van der Waals surface area contributed by atoms with Crippen LogP contribution in [-0.4, -0.2) is 35.5 Å². The van der Waals surface area contributed by atoms with Crippen molar-refractivity contribution in [2.75, 3.05) is 6.54 Å². The van der Waals surface area contributed by atoms with Crippen molar-refractivity contribution in [2.45, 2.75) is 39.2 Å². The van der Waals surface area contributed by atoms with Gasteiger partial charge >= 0.3 is 5.97 Å². The molecule has 0 fully saturated rings. The maximum Gasteiger partial charge on any atom is 0.303 e. The molecular weight excluding hydrogens is 292 g/mol. The lowest BCUT2D eigenvalue weighted by Gasteiger charge is -2.13. The van der Waals surface area contributed by atoms with Crippen molar-refractivity contribution in [1.82, 2.24) is 10.6 Å². The Morgan fingerprint density at radius 3 is 2.62 bits per heavy atom. The van der Waals surface area contributed by atoms with E-state index in [0.717, 1.165) is 4.88 Å². The highest BCUT2D eigenvalue weighted by Gasteiger charge is 2.11. The number of rotatable bonds is 8. The van der Waals surface area contributed by atoms with Crippen LogP contribution in [-0.2, 0) is 9.59 Å². The minimum absolute atomic E-state index is 0.0843. The SMILES string of the molecule is Cc1ccc(C(=O)NCC(=O)NC(C)CCCC(=O)O)s1. The van der Waals surface area contributed by atoms with Gasteiger partial charge in [-0.15, -0.1) is 11.3 Å². The number of carboxylic acids is 1. The third-order valence-corrected chi connectivity index (χ3v) is 3.81. The van der Waals surface area contributed by atoms with Crippen LogP contribution in [0.3, 0.4) is 0 Å². The summed E-state index contributed by atoms with van der Waals surface area (Å²) in [7, 11) is 0. The number of carboxylic acid groups (broad SMARTS) is 1. The number of aryl methyl sites for hydroxylation is 1. The fourth-order valence-electron chi connectivity index (χ4n) is 1.76. The van der Waals surface area contributed by atoms with Gasteiger partial charge in [0.05, 0.1) is 11.4 Å². The molecule has 0 spiro atoms. The molecule has 1 aromatic heterocycles. The first-order valence-corrected chi connectivity index (χ1v) is 7.56.